The van der Waals surface area contributed by atoms with Gasteiger partial charge < -0.3 is 4.74 Å². The van der Waals surface area contributed by atoms with Crippen LogP contribution >= 0.6 is 27.3 Å². The number of hydrogen-bond acceptors (Lipinski definition) is 8. The Hall–Kier alpha value is -4.48. The topological polar surface area (TPSA) is 123 Å². The van der Waals surface area contributed by atoms with Crippen LogP contribution in [0.15, 0.2) is 94.5 Å². The molecule has 0 saturated carbocycles. The highest BCUT2D eigenvalue weighted by Gasteiger charge is 2.16. The van der Waals surface area contributed by atoms with Crippen molar-refractivity contribution in [2.75, 3.05) is 5.32 Å². The molecule has 184 valence electrons. The predicted molar refractivity (Wildman–Crippen MR) is 145 cm³/mol. The zero-order chi connectivity index (χ0) is 26.0. The minimum absolute atomic E-state index is 0.174. The van der Waals surface area contributed by atoms with E-state index < -0.39 is 17.8 Å². The molecule has 1 heterocycles. The van der Waals surface area contributed by atoms with Gasteiger partial charge in [-0.3, -0.25) is 14.9 Å². The van der Waals surface area contributed by atoms with Crippen LogP contribution in [-0.4, -0.2) is 34.2 Å². The Bertz CT molecular complexity index is 1470. The zero-order valence-corrected chi connectivity index (χ0v) is 21.4. The Morgan fingerprint density at radius 2 is 1.65 bits per heavy atom. The molecule has 2 N–H and O–H groups in total. The van der Waals surface area contributed by atoms with Crippen LogP contribution in [0, 0.1) is 0 Å². The second kappa shape index (κ2) is 12.5. The van der Waals surface area contributed by atoms with Crippen LogP contribution in [-0.2, 0) is 14.4 Å². The van der Waals surface area contributed by atoms with Gasteiger partial charge in [0.15, 0.2) is 0 Å². The monoisotopic (exact) mass is 575 g/mol. The molecule has 2 amide bonds. The summed E-state index contributed by atoms with van der Waals surface area (Å²) in [6, 6.07) is 23.5. The third-order valence-corrected chi connectivity index (χ3v) is 6.02. The molecule has 0 aliphatic heterocycles. The number of halogens is 1. The van der Waals surface area contributed by atoms with Crippen LogP contribution in [0.3, 0.4) is 0 Å². The Morgan fingerprint density at radius 1 is 0.919 bits per heavy atom. The van der Waals surface area contributed by atoms with Crippen molar-refractivity contribution < 1.29 is 19.1 Å². The Labute approximate surface area is 224 Å². The Balaban J connectivity index is 1.35. The summed E-state index contributed by atoms with van der Waals surface area (Å²) in [6.07, 6.45) is 4.20. The largest absolute Gasteiger partial charge is 0.423 e. The summed E-state index contributed by atoms with van der Waals surface area (Å²) in [7, 11) is 0. The minimum Gasteiger partial charge on any atom is -0.423 e. The molecule has 0 atom stereocenters. The van der Waals surface area contributed by atoms with Crippen LogP contribution in [0.1, 0.15) is 11.1 Å². The first-order chi connectivity index (χ1) is 18.0. The average Bonchev–Trinajstić information content (AvgIpc) is 3.38. The summed E-state index contributed by atoms with van der Waals surface area (Å²) in [5.41, 5.74) is 4.23. The third kappa shape index (κ3) is 7.50. The number of amides is 2. The average molecular weight is 576 g/mol. The van der Waals surface area contributed by atoms with Gasteiger partial charge in [-0.15, -0.1) is 10.2 Å². The number of carbonyl (C=O) groups is 3. The number of hydrogen-bond donors (Lipinski definition) is 2. The number of esters is 1. The molecule has 0 bridgehead atoms. The summed E-state index contributed by atoms with van der Waals surface area (Å²) in [4.78, 5) is 36.7. The molecular formula is C26H18BrN5O4S. The lowest BCUT2D eigenvalue weighted by molar-refractivity contribution is -0.136. The van der Waals surface area contributed by atoms with E-state index in [0.717, 1.165) is 22.5 Å². The fourth-order valence-electron chi connectivity index (χ4n) is 2.92. The summed E-state index contributed by atoms with van der Waals surface area (Å²) in [5.74, 6) is -2.33. The van der Waals surface area contributed by atoms with Gasteiger partial charge in [0.1, 0.15) is 10.8 Å². The molecule has 4 rings (SSSR count). The third-order valence-electron chi connectivity index (χ3n) is 4.64. The van der Waals surface area contributed by atoms with Gasteiger partial charge >= 0.3 is 17.8 Å². The van der Waals surface area contributed by atoms with Crippen molar-refractivity contribution in [1.29, 1.82) is 0 Å². The lowest BCUT2D eigenvalue weighted by Gasteiger charge is -2.06. The number of carbonyl (C=O) groups excluding carboxylic acids is 3. The molecule has 0 spiro atoms. The number of hydrazone groups is 1. The molecule has 0 aliphatic carbocycles. The highest BCUT2D eigenvalue weighted by molar-refractivity contribution is 9.10. The van der Waals surface area contributed by atoms with Crippen molar-refractivity contribution >= 4 is 62.5 Å². The van der Waals surface area contributed by atoms with E-state index >= 15 is 0 Å². The normalized spacial score (nSPS) is 10.9. The number of ether oxygens (including phenoxy) is 1. The highest BCUT2D eigenvalue weighted by Crippen LogP contribution is 2.26. The summed E-state index contributed by atoms with van der Waals surface area (Å²) < 4.78 is 6.10. The fraction of sp³-hybridized carbons (Fsp3) is 0. The van der Waals surface area contributed by atoms with Crippen LogP contribution in [0.2, 0.25) is 0 Å². The van der Waals surface area contributed by atoms with E-state index in [-0.39, 0.29) is 10.9 Å². The summed E-state index contributed by atoms with van der Waals surface area (Å²) in [5, 5.41) is 14.9. The Morgan fingerprint density at radius 3 is 2.41 bits per heavy atom. The summed E-state index contributed by atoms with van der Waals surface area (Å²) in [6.45, 7) is 0. The van der Waals surface area contributed by atoms with E-state index in [4.69, 9.17) is 4.74 Å². The van der Waals surface area contributed by atoms with E-state index in [9.17, 15) is 14.4 Å². The zero-order valence-electron chi connectivity index (χ0n) is 19.0. The molecule has 4 aromatic rings. The number of anilines is 1. The quantitative estimate of drug-likeness (QED) is 0.0823. The molecule has 0 saturated heterocycles. The van der Waals surface area contributed by atoms with E-state index in [1.54, 1.807) is 24.3 Å². The van der Waals surface area contributed by atoms with Crippen molar-refractivity contribution in [3.63, 3.8) is 0 Å². The van der Waals surface area contributed by atoms with Crippen molar-refractivity contribution in [3.8, 4) is 16.3 Å². The lowest BCUT2D eigenvalue weighted by Crippen LogP contribution is -2.32. The van der Waals surface area contributed by atoms with Gasteiger partial charge in [-0.2, -0.15) is 5.10 Å². The molecule has 0 radical (unpaired) electrons. The van der Waals surface area contributed by atoms with E-state index in [1.807, 2.05) is 60.7 Å². The van der Waals surface area contributed by atoms with Crippen molar-refractivity contribution in [2.45, 2.75) is 0 Å². The maximum Gasteiger partial charge on any atom is 0.336 e. The maximum atomic E-state index is 12.3. The molecule has 37 heavy (non-hydrogen) atoms. The summed E-state index contributed by atoms with van der Waals surface area (Å²) >= 11 is 4.48. The number of nitrogens with one attached hydrogen (secondary N) is 2. The van der Waals surface area contributed by atoms with Crippen LogP contribution in [0.4, 0.5) is 5.13 Å². The smallest absolute Gasteiger partial charge is 0.336 e. The molecule has 0 unspecified atom stereocenters. The van der Waals surface area contributed by atoms with Crippen molar-refractivity contribution in [3.05, 3.63) is 101 Å². The van der Waals surface area contributed by atoms with Crippen molar-refractivity contribution in [1.82, 2.24) is 15.6 Å². The van der Waals surface area contributed by atoms with Gasteiger partial charge in [0, 0.05) is 21.7 Å². The fourth-order valence-corrected chi connectivity index (χ4v) is 4.04. The molecule has 0 aliphatic rings. The van der Waals surface area contributed by atoms with Gasteiger partial charge in [-0.1, -0.05) is 87.9 Å². The first-order valence-electron chi connectivity index (χ1n) is 10.8. The number of nitrogens with zero attached hydrogens (tertiary/aromatic N) is 3. The number of rotatable bonds is 7. The SMILES string of the molecule is O=C(/C=C/c1ccccc1)Oc1ccc(Br)cc1/C=N/NC(=O)C(=O)Nc1nnc(-c2ccccc2)s1. The van der Waals surface area contributed by atoms with Gasteiger partial charge in [-0.05, 0) is 29.8 Å². The highest BCUT2D eigenvalue weighted by atomic mass is 79.9. The molecule has 11 heteroatoms. The first kappa shape index (κ1) is 25.6. The predicted octanol–water partition coefficient (Wildman–Crippen LogP) is 4.68. The molecule has 9 nitrogen and oxygen atoms in total. The van der Waals surface area contributed by atoms with E-state index in [2.05, 4.69) is 42.0 Å². The first-order valence-corrected chi connectivity index (χ1v) is 12.4. The van der Waals surface area contributed by atoms with E-state index in [0.29, 0.717) is 15.0 Å². The number of aromatic nitrogens is 2. The maximum absolute atomic E-state index is 12.3. The number of benzene rings is 3. The van der Waals surface area contributed by atoms with Crippen LogP contribution in [0.5, 0.6) is 5.75 Å². The van der Waals surface area contributed by atoms with Gasteiger partial charge in [0.05, 0.1) is 6.21 Å². The standard InChI is InChI=1S/C26H18BrN5O4S/c27-20-12-13-21(36-22(33)14-11-17-7-3-1-4-8-17)19(15-20)16-28-30-24(35)23(34)29-26-32-31-25(37-26)18-9-5-2-6-10-18/h1-16H,(H,30,35)(H,29,32,34)/b14-11+,28-16+. The van der Waals surface area contributed by atoms with Crippen molar-refractivity contribution in [2.24, 2.45) is 5.10 Å². The second-order valence-electron chi connectivity index (χ2n) is 7.28. The van der Waals surface area contributed by atoms with Crippen LogP contribution in [0.25, 0.3) is 16.6 Å². The molecule has 3 aromatic carbocycles. The van der Waals surface area contributed by atoms with E-state index in [1.165, 1.54) is 12.3 Å². The molecule has 0 fully saturated rings. The second-order valence-corrected chi connectivity index (χ2v) is 9.17. The molecule has 1 aromatic heterocycles. The van der Waals surface area contributed by atoms with Gasteiger partial charge in [0.25, 0.3) is 0 Å². The lowest BCUT2D eigenvalue weighted by atomic mass is 10.2. The van der Waals surface area contributed by atoms with Gasteiger partial charge in [0.2, 0.25) is 5.13 Å². The minimum atomic E-state index is -1.01. The molecular weight excluding hydrogens is 558 g/mol. The Kier molecular flexibility index (Phi) is 8.63. The van der Waals surface area contributed by atoms with Gasteiger partial charge in [-0.25, -0.2) is 10.2 Å². The van der Waals surface area contributed by atoms with Crippen LogP contribution < -0.4 is 15.5 Å².